The first-order valence-corrected chi connectivity index (χ1v) is 7.61. The van der Waals surface area contributed by atoms with Crippen molar-refractivity contribution in [3.63, 3.8) is 0 Å². The molecule has 0 aromatic heterocycles. The molecule has 0 bridgehead atoms. The van der Waals surface area contributed by atoms with Gasteiger partial charge in [0.15, 0.2) is 0 Å². The summed E-state index contributed by atoms with van der Waals surface area (Å²) in [4.78, 5) is 0.229. The number of hydrogen-bond donors (Lipinski definition) is 1. The molecule has 5 nitrogen and oxygen atoms in total. The number of rotatable bonds is 6. The molecule has 1 N–H and O–H groups in total. The monoisotopic (exact) mass is 297 g/mol. The van der Waals surface area contributed by atoms with Crippen molar-refractivity contribution in [1.29, 1.82) is 0 Å². The Morgan fingerprint density at radius 3 is 2.50 bits per heavy atom. The fourth-order valence-corrected chi connectivity index (χ4v) is 2.79. The van der Waals surface area contributed by atoms with E-state index in [9.17, 15) is 8.42 Å². The zero-order chi connectivity index (χ0) is 15.0. The van der Waals surface area contributed by atoms with Crippen LogP contribution in [0.25, 0.3) is 0 Å². The predicted molar refractivity (Wildman–Crippen MR) is 76.7 cm³/mol. The van der Waals surface area contributed by atoms with Gasteiger partial charge in [-0.15, -0.1) is 0 Å². The molecule has 0 saturated carbocycles. The lowest BCUT2D eigenvalue weighted by molar-refractivity contribution is 0.189. The van der Waals surface area contributed by atoms with Crippen molar-refractivity contribution in [2.24, 2.45) is 0 Å². The van der Waals surface area contributed by atoms with Crippen LogP contribution in [0.1, 0.15) is 12.0 Å². The summed E-state index contributed by atoms with van der Waals surface area (Å²) in [6, 6.07) is 6.28. The smallest absolute Gasteiger partial charge is 0.242 e. The molecule has 0 heterocycles. The summed E-state index contributed by atoms with van der Waals surface area (Å²) in [6.07, 6.45) is 0.645. The van der Waals surface area contributed by atoms with Gasteiger partial charge in [0.05, 0.1) is 4.90 Å². The molecule has 0 amide bonds. The molecule has 110 valence electrons. The van der Waals surface area contributed by atoms with Crippen LogP contribution in [0.5, 0.6) is 0 Å². The van der Waals surface area contributed by atoms with Gasteiger partial charge in [0.1, 0.15) is 6.61 Å². The van der Waals surface area contributed by atoms with E-state index in [0.29, 0.717) is 25.1 Å². The lowest BCUT2D eigenvalue weighted by Crippen LogP contribution is -2.28. The molecule has 0 unspecified atom stereocenters. The van der Waals surface area contributed by atoms with Crippen molar-refractivity contribution >= 4 is 10.0 Å². The molecule has 0 saturated heterocycles. The average molecular weight is 297 g/mol. The summed E-state index contributed by atoms with van der Waals surface area (Å²) in [5.41, 5.74) is 0.667. The van der Waals surface area contributed by atoms with Gasteiger partial charge < -0.3 is 9.84 Å². The van der Waals surface area contributed by atoms with E-state index in [-0.39, 0.29) is 11.5 Å². The quantitative estimate of drug-likeness (QED) is 0.619. The molecular weight excluding hydrogens is 278 g/mol. The Labute approximate surface area is 120 Å². The Bertz CT molecular complexity index is 569. The van der Waals surface area contributed by atoms with E-state index in [1.165, 1.54) is 16.4 Å². The van der Waals surface area contributed by atoms with Crippen molar-refractivity contribution in [2.45, 2.75) is 11.3 Å². The van der Waals surface area contributed by atoms with Crippen LogP contribution in [0.4, 0.5) is 0 Å². The van der Waals surface area contributed by atoms with Gasteiger partial charge in [0.25, 0.3) is 0 Å². The van der Waals surface area contributed by atoms with Gasteiger partial charge in [-0.25, -0.2) is 12.7 Å². The first-order chi connectivity index (χ1) is 9.52. The maximum atomic E-state index is 12.3. The second-order valence-electron chi connectivity index (χ2n) is 4.16. The first kappa shape index (κ1) is 16.7. The summed E-state index contributed by atoms with van der Waals surface area (Å²) in [7, 11) is -0.346. The van der Waals surface area contributed by atoms with E-state index in [1.807, 2.05) is 0 Å². The number of ether oxygens (including phenoxy) is 1. The van der Waals surface area contributed by atoms with Gasteiger partial charge in [-0.1, -0.05) is 11.8 Å². The predicted octanol–water partition coefficient (Wildman–Crippen LogP) is 0.687. The lowest BCUT2D eigenvalue weighted by atomic mass is 10.2. The Hall–Kier alpha value is -1.39. The number of hydrogen-bond acceptors (Lipinski definition) is 4. The van der Waals surface area contributed by atoms with Gasteiger partial charge in [-0.05, 0) is 30.7 Å². The molecule has 0 atom stereocenters. The Morgan fingerprint density at radius 1 is 1.30 bits per heavy atom. The van der Waals surface area contributed by atoms with Crippen molar-refractivity contribution in [2.75, 3.05) is 33.9 Å². The molecule has 0 aliphatic rings. The van der Waals surface area contributed by atoms with E-state index in [0.717, 1.165) is 0 Å². The summed E-state index contributed by atoms with van der Waals surface area (Å²) >= 11 is 0. The fourth-order valence-electron chi connectivity index (χ4n) is 1.58. The summed E-state index contributed by atoms with van der Waals surface area (Å²) in [6.45, 7) is 0.708. The van der Waals surface area contributed by atoms with Crippen LogP contribution < -0.4 is 0 Å². The average Bonchev–Trinajstić information content (AvgIpc) is 2.45. The minimum absolute atomic E-state index is 0.220. The van der Waals surface area contributed by atoms with E-state index >= 15 is 0 Å². The number of sulfonamides is 1. The van der Waals surface area contributed by atoms with Crippen LogP contribution in [-0.4, -0.2) is 51.7 Å². The molecule has 20 heavy (non-hydrogen) atoms. The van der Waals surface area contributed by atoms with Crippen molar-refractivity contribution in [1.82, 2.24) is 4.31 Å². The Kier molecular flexibility index (Phi) is 6.68. The highest BCUT2D eigenvalue weighted by atomic mass is 32.2. The third-order valence-corrected chi connectivity index (χ3v) is 4.57. The van der Waals surface area contributed by atoms with Crippen LogP contribution in [0.3, 0.4) is 0 Å². The molecular formula is C14H19NO4S. The van der Waals surface area contributed by atoms with E-state index in [4.69, 9.17) is 9.84 Å². The number of nitrogens with zero attached hydrogens (tertiary/aromatic N) is 1. The zero-order valence-corrected chi connectivity index (χ0v) is 12.5. The van der Waals surface area contributed by atoms with Crippen LogP contribution in [0, 0.1) is 11.8 Å². The van der Waals surface area contributed by atoms with Crippen molar-refractivity contribution in [3.8, 4) is 11.8 Å². The van der Waals surface area contributed by atoms with Crippen LogP contribution in [0.15, 0.2) is 29.2 Å². The van der Waals surface area contributed by atoms with E-state index < -0.39 is 10.0 Å². The first-order valence-electron chi connectivity index (χ1n) is 6.17. The highest BCUT2D eigenvalue weighted by molar-refractivity contribution is 7.89. The molecule has 0 aliphatic heterocycles. The molecule has 0 radical (unpaired) electrons. The van der Waals surface area contributed by atoms with E-state index in [1.54, 1.807) is 26.3 Å². The summed E-state index contributed by atoms with van der Waals surface area (Å²) < 4.78 is 30.7. The number of benzene rings is 1. The summed E-state index contributed by atoms with van der Waals surface area (Å²) in [5.74, 6) is 5.23. The highest BCUT2D eigenvalue weighted by Gasteiger charge is 2.19. The standard InChI is InChI=1S/C14H19NO4S/c1-15(10-4-12-19-2)20(17,18)14-8-6-13(7-9-14)5-3-11-16/h6-9,16H,4,10-12H2,1-2H3. The number of methoxy groups -OCH3 is 1. The van der Waals surface area contributed by atoms with Gasteiger partial charge in [-0.3, -0.25) is 0 Å². The molecule has 0 spiro atoms. The van der Waals surface area contributed by atoms with Crippen molar-refractivity contribution < 1.29 is 18.3 Å². The molecule has 6 heteroatoms. The van der Waals surface area contributed by atoms with Crippen molar-refractivity contribution in [3.05, 3.63) is 29.8 Å². The third-order valence-electron chi connectivity index (χ3n) is 2.70. The topological polar surface area (TPSA) is 66.8 Å². The maximum absolute atomic E-state index is 12.3. The molecule has 0 fully saturated rings. The normalized spacial score (nSPS) is 11.2. The number of aliphatic hydroxyl groups excluding tert-OH is 1. The molecule has 0 aliphatic carbocycles. The molecule has 1 aromatic rings. The van der Waals surface area contributed by atoms with Gasteiger partial charge in [-0.2, -0.15) is 0 Å². The van der Waals surface area contributed by atoms with Gasteiger partial charge in [0, 0.05) is 32.9 Å². The lowest BCUT2D eigenvalue weighted by Gasteiger charge is -2.16. The second-order valence-corrected chi connectivity index (χ2v) is 6.20. The Balaban J connectivity index is 2.81. The maximum Gasteiger partial charge on any atom is 0.242 e. The largest absolute Gasteiger partial charge is 0.385 e. The second kappa shape index (κ2) is 8.02. The minimum atomic E-state index is -3.48. The van der Waals surface area contributed by atoms with Crippen LogP contribution in [-0.2, 0) is 14.8 Å². The minimum Gasteiger partial charge on any atom is -0.385 e. The van der Waals surface area contributed by atoms with Crippen LogP contribution in [0.2, 0.25) is 0 Å². The SMILES string of the molecule is COCCCN(C)S(=O)(=O)c1ccc(C#CCO)cc1. The van der Waals surface area contributed by atoms with E-state index in [2.05, 4.69) is 11.8 Å². The highest BCUT2D eigenvalue weighted by Crippen LogP contribution is 2.15. The molecule has 1 rings (SSSR count). The Morgan fingerprint density at radius 2 is 1.95 bits per heavy atom. The van der Waals surface area contributed by atoms with Gasteiger partial charge >= 0.3 is 0 Å². The fraction of sp³-hybridized carbons (Fsp3) is 0.429. The van der Waals surface area contributed by atoms with Gasteiger partial charge in [0.2, 0.25) is 10.0 Å². The summed E-state index contributed by atoms with van der Waals surface area (Å²) in [5, 5.41) is 8.60. The number of aliphatic hydroxyl groups is 1. The third kappa shape index (κ3) is 4.62. The molecule has 1 aromatic carbocycles. The van der Waals surface area contributed by atoms with Crippen LogP contribution >= 0.6 is 0 Å². The zero-order valence-electron chi connectivity index (χ0n) is 11.7.